The monoisotopic (exact) mass is 226 g/mol. The van der Waals surface area contributed by atoms with Crippen LogP contribution in [-0.4, -0.2) is 4.98 Å². The van der Waals surface area contributed by atoms with Crippen molar-refractivity contribution in [2.24, 2.45) is 0 Å². The second kappa shape index (κ2) is 3.58. The van der Waals surface area contributed by atoms with Crippen molar-refractivity contribution in [1.82, 2.24) is 4.98 Å². The largest absolute Gasteiger partial charge is 0.389 e. The first-order chi connectivity index (χ1) is 7.08. The summed E-state index contributed by atoms with van der Waals surface area (Å²) in [6.45, 7) is 1.78. The zero-order valence-corrected chi connectivity index (χ0v) is 8.74. The molecular weight excluding hydrogens is 218 g/mol. The molecule has 78 valence electrons. The van der Waals surface area contributed by atoms with Gasteiger partial charge < -0.3 is 5.73 Å². The molecule has 0 aliphatic heterocycles. The molecule has 0 aliphatic carbocycles. The highest BCUT2D eigenvalue weighted by Gasteiger charge is 2.13. The number of hydrogen-bond donors (Lipinski definition) is 1. The molecule has 5 heteroatoms. The normalized spacial score (nSPS) is 10.6. The topological polar surface area (TPSA) is 38.9 Å². The lowest BCUT2D eigenvalue weighted by Gasteiger charge is -2.00. The van der Waals surface area contributed by atoms with Crippen molar-refractivity contribution >= 4 is 16.3 Å². The van der Waals surface area contributed by atoms with Gasteiger partial charge in [0.05, 0.1) is 5.01 Å². The number of aromatic nitrogens is 1. The Morgan fingerprint density at radius 1 is 1.33 bits per heavy atom. The molecule has 0 amide bonds. The van der Waals surface area contributed by atoms with Crippen LogP contribution >= 0.6 is 11.3 Å². The van der Waals surface area contributed by atoms with Crippen LogP contribution in [0.5, 0.6) is 0 Å². The Bertz CT molecular complexity index is 508. The molecule has 0 saturated carbocycles. The van der Waals surface area contributed by atoms with Gasteiger partial charge in [0.25, 0.3) is 0 Å². The number of nitrogens with two attached hydrogens (primary N) is 1. The highest BCUT2D eigenvalue weighted by molar-refractivity contribution is 7.16. The average Bonchev–Trinajstić information content (AvgIpc) is 2.45. The molecule has 0 saturated heterocycles. The second-order valence-corrected chi connectivity index (χ2v) is 4.30. The summed E-state index contributed by atoms with van der Waals surface area (Å²) in [5, 5.41) is 1.20. The van der Waals surface area contributed by atoms with Crippen LogP contribution in [0.15, 0.2) is 18.2 Å². The molecule has 2 aromatic rings. The van der Waals surface area contributed by atoms with Crippen LogP contribution < -0.4 is 5.73 Å². The first-order valence-corrected chi connectivity index (χ1v) is 5.08. The fourth-order valence-corrected chi connectivity index (χ4v) is 2.02. The third kappa shape index (κ3) is 1.83. The summed E-state index contributed by atoms with van der Waals surface area (Å²) < 4.78 is 26.1. The van der Waals surface area contributed by atoms with Gasteiger partial charge in [-0.1, -0.05) is 0 Å². The van der Waals surface area contributed by atoms with Crippen molar-refractivity contribution in [2.45, 2.75) is 6.92 Å². The summed E-state index contributed by atoms with van der Waals surface area (Å²) in [7, 11) is 0. The van der Waals surface area contributed by atoms with Crippen LogP contribution in [0.4, 0.5) is 13.8 Å². The number of thiazole rings is 1. The number of nitrogen functional groups attached to an aromatic ring is 1. The molecule has 0 unspecified atom stereocenters. The van der Waals surface area contributed by atoms with Crippen LogP contribution in [0.1, 0.15) is 5.01 Å². The molecule has 0 bridgehead atoms. The fourth-order valence-electron chi connectivity index (χ4n) is 1.32. The predicted molar refractivity (Wildman–Crippen MR) is 56.6 cm³/mol. The minimum absolute atomic E-state index is 0.234. The van der Waals surface area contributed by atoms with Crippen LogP contribution in [0.3, 0.4) is 0 Å². The van der Waals surface area contributed by atoms with E-state index in [0.29, 0.717) is 10.7 Å². The maximum atomic E-state index is 13.4. The smallest absolute Gasteiger partial charge is 0.135 e. The van der Waals surface area contributed by atoms with E-state index in [1.165, 1.54) is 23.5 Å². The number of halogens is 2. The molecular formula is C10H8F2N2S. The van der Waals surface area contributed by atoms with Crippen LogP contribution in [0.2, 0.25) is 0 Å². The zero-order chi connectivity index (χ0) is 11.0. The van der Waals surface area contributed by atoms with E-state index in [0.717, 1.165) is 11.1 Å². The number of hydrogen-bond acceptors (Lipinski definition) is 3. The molecule has 0 aliphatic rings. The quantitative estimate of drug-likeness (QED) is 0.811. The molecule has 0 fully saturated rings. The fraction of sp³-hybridized carbons (Fsp3) is 0.100. The molecule has 2 N–H and O–H groups in total. The van der Waals surface area contributed by atoms with Gasteiger partial charge in [-0.15, -0.1) is 11.3 Å². The number of nitrogens with zero attached hydrogens (tertiary/aromatic N) is 1. The number of aryl methyl sites for hydroxylation is 1. The Balaban J connectivity index is 2.59. The third-order valence-electron chi connectivity index (χ3n) is 1.95. The van der Waals surface area contributed by atoms with Crippen molar-refractivity contribution in [2.75, 3.05) is 5.73 Å². The summed E-state index contributed by atoms with van der Waals surface area (Å²) in [6.07, 6.45) is 0. The Kier molecular flexibility index (Phi) is 2.40. The van der Waals surface area contributed by atoms with Crippen LogP contribution in [0, 0.1) is 18.6 Å². The van der Waals surface area contributed by atoms with E-state index < -0.39 is 11.6 Å². The zero-order valence-electron chi connectivity index (χ0n) is 7.92. The number of benzene rings is 1. The van der Waals surface area contributed by atoms with Crippen LogP contribution in [0.25, 0.3) is 11.3 Å². The minimum atomic E-state index is -0.646. The maximum Gasteiger partial charge on any atom is 0.135 e. The summed E-state index contributed by atoms with van der Waals surface area (Å²) >= 11 is 1.28. The van der Waals surface area contributed by atoms with Gasteiger partial charge in [-0.25, -0.2) is 13.8 Å². The molecule has 1 aromatic heterocycles. The van der Waals surface area contributed by atoms with Crippen molar-refractivity contribution < 1.29 is 8.78 Å². The molecule has 2 nitrogen and oxygen atoms in total. The highest BCUT2D eigenvalue weighted by Crippen LogP contribution is 2.31. The Morgan fingerprint density at radius 3 is 2.60 bits per heavy atom. The molecule has 2 rings (SSSR count). The van der Waals surface area contributed by atoms with Crippen molar-refractivity contribution in [3.05, 3.63) is 34.8 Å². The SMILES string of the molecule is Cc1nc(-c2ccc(F)cc2F)c(N)s1. The van der Waals surface area contributed by atoms with Gasteiger partial charge in [-0.2, -0.15) is 0 Å². The molecule has 0 radical (unpaired) electrons. The first-order valence-electron chi connectivity index (χ1n) is 4.26. The maximum absolute atomic E-state index is 13.4. The molecule has 0 atom stereocenters. The lowest BCUT2D eigenvalue weighted by molar-refractivity contribution is 0.585. The lowest BCUT2D eigenvalue weighted by atomic mass is 10.1. The summed E-state index contributed by atoms with van der Waals surface area (Å²) in [6, 6.07) is 3.35. The summed E-state index contributed by atoms with van der Waals surface area (Å²) in [5.74, 6) is -1.26. The van der Waals surface area contributed by atoms with Gasteiger partial charge in [-0.05, 0) is 19.1 Å². The minimum Gasteiger partial charge on any atom is -0.389 e. The Labute approximate surface area is 89.4 Å². The average molecular weight is 226 g/mol. The Hall–Kier alpha value is -1.49. The summed E-state index contributed by atoms with van der Waals surface area (Å²) in [4.78, 5) is 4.10. The van der Waals surface area contributed by atoms with E-state index in [1.807, 2.05) is 0 Å². The molecule has 1 heterocycles. The predicted octanol–water partition coefficient (Wildman–Crippen LogP) is 2.98. The van der Waals surface area contributed by atoms with Gasteiger partial charge in [0, 0.05) is 11.6 Å². The molecule has 15 heavy (non-hydrogen) atoms. The van der Waals surface area contributed by atoms with Gasteiger partial charge in [-0.3, -0.25) is 0 Å². The summed E-state index contributed by atoms with van der Waals surface area (Å²) in [5.41, 5.74) is 6.29. The van der Waals surface area contributed by atoms with Crippen molar-refractivity contribution in [3.8, 4) is 11.3 Å². The van der Waals surface area contributed by atoms with Gasteiger partial charge in [0.2, 0.25) is 0 Å². The van der Waals surface area contributed by atoms with Gasteiger partial charge in [0.15, 0.2) is 0 Å². The van der Waals surface area contributed by atoms with E-state index in [2.05, 4.69) is 4.98 Å². The molecule has 0 spiro atoms. The Morgan fingerprint density at radius 2 is 2.07 bits per heavy atom. The van der Waals surface area contributed by atoms with Gasteiger partial charge >= 0.3 is 0 Å². The van der Waals surface area contributed by atoms with E-state index in [9.17, 15) is 8.78 Å². The lowest BCUT2D eigenvalue weighted by Crippen LogP contribution is -1.90. The molecule has 1 aromatic carbocycles. The highest BCUT2D eigenvalue weighted by atomic mass is 32.1. The number of anilines is 1. The van der Waals surface area contributed by atoms with E-state index in [-0.39, 0.29) is 5.56 Å². The third-order valence-corrected chi connectivity index (χ3v) is 2.75. The first kappa shape index (κ1) is 10.0. The van der Waals surface area contributed by atoms with Crippen LogP contribution in [-0.2, 0) is 0 Å². The van der Waals surface area contributed by atoms with Gasteiger partial charge in [0.1, 0.15) is 22.3 Å². The van der Waals surface area contributed by atoms with E-state index in [1.54, 1.807) is 6.92 Å². The second-order valence-electron chi connectivity index (χ2n) is 3.07. The van der Waals surface area contributed by atoms with Crippen molar-refractivity contribution in [3.63, 3.8) is 0 Å². The number of rotatable bonds is 1. The van der Waals surface area contributed by atoms with E-state index >= 15 is 0 Å². The van der Waals surface area contributed by atoms with Crippen molar-refractivity contribution in [1.29, 1.82) is 0 Å². The van der Waals surface area contributed by atoms with E-state index in [4.69, 9.17) is 5.73 Å². The standard InChI is InChI=1S/C10H8F2N2S/c1-5-14-9(10(13)15-5)7-3-2-6(11)4-8(7)12/h2-4H,13H2,1H3.